The Kier molecular flexibility index (Phi) is 3.95. The van der Waals surface area contributed by atoms with Crippen molar-refractivity contribution in [2.45, 2.75) is 31.7 Å². The van der Waals surface area contributed by atoms with E-state index < -0.39 is 0 Å². The number of rotatable bonds is 1. The fraction of sp³-hybridized carbons (Fsp3) is 0.625. The molecular weight excluding hydrogens is 280 g/mol. The van der Waals surface area contributed by atoms with Crippen molar-refractivity contribution in [3.8, 4) is 0 Å². The number of likely N-dealkylation sites (N-methyl/N-ethyl adjacent to an activating group) is 1. The molecule has 0 aromatic carbocycles. The maximum absolute atomic E-state index is 12.7. The molecule has 6 nitrogen and oxygen atoms in total. The number of aromatic nitrogens is 1. The maximum atomic E-state index is 12.7. The summed E-state index contributed by atoms with van der Waals surface area (Å²) in [6.45, 7) is 4.93. The van der Waals surface area contributed by atoms with E-state index in [4.69, 9.17) is 0 Å². The van der Waals surface area contributed by atoms with E-state index in [1.807, 2.05) is 24.1 Å². The number of hydrogen-bond acceptors (Lipinski definition) is 3. The largest absolute Gasteiger partial charge is 0.357 e. The first-order valence-corrected chi connectivity index (χ1v) is 7.92. The summed E-state index contributed by atoms with van der Waals surface area (Å²) in [5.41, 5.74) is 1.63. The van der Waals surface area contributed by atoms with Crippen molar-refractivity contribution in [2.75, 3.05) is 33.2 Å². The molecule has 2 aliphatic heterocycles. The average molecular weight is 304 g/mol. The van der Waals surface area contributed by atoms with Crippen LogP contribution < -0.4 is 5.32 Å². The van der Waals surface area contributed by atoms with Gasteiger partial charge in [0.25, 0.3) is 5.91 Å². The van der Waals surface area contributed by atoms with Crippen LogP contribution in [0.5, 0.6) is 0 Å². The zero-order valence-corrected chi connectivity index (χ0v) is 13.3. The van der Waals surface area contributed by atoms with E-state index in [0.29, 0.717) is 25.2 Å². The molecule has 2 amide bonds. The highest BCUT2D eigenvalue weighted by Gasteiger charge is 2.42. The minimum atomic E-state index is -0.0886. The van der Waals surface area contributed by atoms with Gasteiger partial charge in [-0.3, -0.25) is 14.5 Å². The smallest absolute Gasteiger partial charge is 0.270 e. The number of H-pyrrole nitrogens is 1. The molecule has 2 saturated heterocycles. The van der Waals surface area contributed by atoms with Crippen LogP contribution in [0.1, 0.15) is 35.3 Å². The molecule has 120 valence electrons. The van der Waals surface area contributed by atoms with Crippen molar-refractivity contribution < 1.29 is 9.59 Å². The predicted molar refractivity (Wildman–Crippen MR) is 83.7 cm³/mol. The second kappa shape index (κ2) is 5.76. The number of hydrogen-bond donors (Lipinski definition) is 2. The molecule has 0 unspecified atom stereocenters. The van der Waals surface area contributed by atoms with Crippen LogP contribution in [0.25, 0.3) is 0 Å². The van der Waals surface area contributed by atoms with Gasteiger partial charge >= 0.3 is 0 Å². The van der Waals surface area contributed by atoms with Gasteiger partial charge in [-0.1, -0.05) is 0 Å². The van der Waals surface area contributed by atoms with Gasteiger partial charge in [0, 0.05) is 44.3 Å². The Morgan fingerprint density at radius 2 is 2.14 bits per heavy atom. The molecule has 0 saturated carbocycles. The maximum Gasteiger partial charge on any atom is 0.270 e. The summed E-state index contributed by atoms with van der Waals surface area (Å²) in [7, 11) is 2.11. The topological polar surface area (TPSA) is 68.4 Å². The summed E-state index contributed by atoms with van der Waals surface area (Å²) >= 11 is 0. The van der Waals surface area contributed by atoms with E-state index in [1.165, 1.54) is 0 Å². The molecule has 3 heterocycles. The van der Waals surface area contributed by atoms with Crippen molar-refractivity contribution in [1.82, 2.24) is 20.1 Å². The number of amides is 2. The van der Waals surface area contributed by atoms with Gasteiger partial charge in [-0.05, 0) is 38.4 Å². The standard InChI is InChI=1S/C16H24N4O2/c1-12-9-13(18-10-12)15(22)20-8-7-19(2)16(11-20)4-3-14(21)17-6-5-16/h9-10,18H,3-8,11H2,1-2H3,(H,17,21)/t16-/m0/s1. The molecule has 1 atom stereocenters. The number of carbonyl (C=O) groups is 2. The number of piperazine rings is 1. The van der Waals surface area contributed by atoms with Crippen LogP contribution >= 0.6 is 0 Å². The molecule has 2 aliphatic rings. The van der Waals surface area contributed by atoms with Crippen LogP contribution in [-0.2, 0) is 4.79 Å². The summed E-state index contributed by atoms with van der Waals surface area (Å²) in [4.78, 5) is 31.6. The van der Waals surface area contributed by atoms with Crippen LogP contribution in [0, 0.1) is 6.92 Å². The fourth-order valence-corrected chi connectivity index (χ4v) is 3.57. The van der Waals surface area contributed by atoms with Crippen LogP contribution in [0.15, 0.2) is 12.3 Å². The highest BCUT2D eigenvalue weighted by atomic mass is 16.2. The van der Waals surface area contributed by atoms with E-state index in [0.717, 1.165) is 31.5 Å². The second-order valence-electron chi connectivity index (χ2n) is 6.56. The van der Waals surface area contributed by atoms with Gasteiger partial charge in [0.05, 0.1) is 0 Å². The zero-order chi connectivity index (χ0) is 15.7. The van der Waals surface area contributed by atoms with Gasteiger partial charge in [0.1, 0.15) is 5.69 Å². The lowest BCUT2D eigenvalue weighted by atomic mass is 9.86. The van der Waals surface area contributed by atoms with Crippen molar-refractivity contribution in [3.63, 3.8) is 0 Å². The quantitative estimate of drug-likeness (QED) is 0.804. The van der Waals surface area contributed by atoms with Crippen molar-refractivity contribution >= 4 is 11.8 Å². The Labute approximate surface area is 130 Å². The summed E-state index contributed by atoms with van der Waals surface area (Å²) in [6, 6.07) is 1.89. The normalized spacial score (nSPS) is 26.8. The van der Waals surface area contributed by atoms with Crippen molar-refractivity contribution in [3.05, 3.63) is 23.5 Å². The predicted octanol–water partition coefficient (Wildman–Crippen LogP) is 0.750. The minimum absolute atomic E-state index is 0.0594. The van der Waals surface area contributed by atoms with Crippen LogP contribution in [0.4, 0.5) is 0 Å². The van der Waals surface area contributed by atoms with Crippen LogP contribution in [0.3, 0.4) is 0 Å². The summed E-state index contributed by atoms with van der Waals surface area (Å²) in [6.07, 6.45) is 4.09. The third-order valence-corrected chi connectivity index (χ3v) is 5.08. The fourth-order valence-electron chi connectivity index (χ4n) is 3.57. The number of carbonyl (C=O) groups excluding carboxylic acids is 2. The Bertz CT molecular complexity index is 582. The van der Waals surface area contributed by atoms with Crippen LogP contribution in [0.2, 0.25) is 0 Å². The molecule has 3 rings (SSSR count). The molecule has 1 aromatic heterocycles. The molecule has 0 aliphatic carbocycles. The van der Waals surface area contributed by atoms with E-state index in [1.54, 1.807) is 0 Å². The first kappa shape index (κ1) is 15.1. The first-order valence-electron chi connectivity index (χ1n) is 7.92. The molecule has 0 bridgehead atoms. The number of aromatic amines is 1. The van der Waals surface area contributed by atoms with Crippen LogP contribution in [-0.4, -0.2) is 65.4 Å². The third kappa shape index (κ3) is 2.75. The zero-order valence-electron chi connectivity index (χ0n) is 13.3. The van der Waals surface area contributed by atoms with E-state index >= 15 is 0 Å². The number of nitrogens with zero attached hydrogens (tertiary/aromatic N) is 2. The average Bonchev–Trinajstić information content (AvgIpc) is 2.84. The summed E-state index contributed by atoms with van der Waals surface area (Å²) < 4.78 is 0. The Morgan fingerprint density at radius 3 is 2.86 bits per heavy atom. The highest BCUT2D eigenvalue weighted by molar-refractivity contribution is 5.92. The van der Waals surface area contributed by atoms with Crippen molar-refractivity contribution in [2.24, 2.45) is 0 Å². The SMILES string of the molecule is Cc1c[nH]c(C(=O)N2CCN(C)[C@@]3(CCNC(=O)CC3)C2)c1. The lowest BCUT2D eigenvalue weighted by molar-refractivity contribution is -0.121. The molecule has 1 aromatic rings. The van der Waals surface area contributed by atoms with Gasteiger partial charge in [-0.15, -0.1) is 0 Å². The van der Waals surface area contributed by atoms with Gasteiger partial charge in [-0.2, -0.15) is 0 Å². The lowest BCUT2D eigenvalue weighted by Gasteiger charge is -2.49. The highest BCUT2D eigenvalue weighted by Crippen LogP contribution is 2.30. The number of nitrogens with one attached hydrogen (secondary N) is 2. The molecular formula is C16H24N4O2. The third-order valence-electron chi connectivity index (χ3n) is 5.08. The Balaban J connectivity index is 1.78. The second-order valence-corrected chi connectivity index (χ2v) is 6.56. The van der Waals surface area contributed by atoms with E-state index in [-0.39, 0.29) is 17.4 Å². The first-order chi connectivity index (χ1) is 10.5. The Hall–Kier alpha value is -1.82. The Morgan fingerprint density at radius 1 is 1.32 bits per heavy atom. The molecule has 2 fully saturated rings. The molecule has 1 spiro atoms. The minimum Gasteiger partial charge on any atom is -0.357 e. The molecule has 6 heteroatoms. The van der Waals surface area contributed by atoms with E-state index in [9.17, 15) is 9.59 Å². The molecule has 2 N–H and O–H groups in total. The van der Waals surface area contributed by atoms with E-state index in [2.05, 4.69) is 22.2 Å². The molecule has 22 heavy (non-hydrogen) atoms. The molecule has 0 radical (unpaired) electrons. The summed E-state index contributed by atoms with van der Waals surface area (Å²) in [5, 5.41) is 2.94. The van der Waals surface area contributed by atoms with Gasteiger partial charge in [-0.25, -0.2) is 0 Å². The van der Waals surface area contributed by atoms with Gasteiger partial charge in [0.15, 0.2) is 0 Å². The monoisotopic (exact) mass is 304 g/mol. The van der Waals surface area contributed by atoms with Crippen molar-refractivity contribution in [1.29, 1.82) is 0 Å². The number of aryl methyl sites for hydroxylation is 1. The van der Waals surface area contributed by atoms with Gasteiger partial charge in [0.2, 0.25) is 5.91 Å². The van der Waals surface area contributed by atoms with Gasteiger partial charge < -0.3 is 15.2 Å². The lowest BCUT2D eigenvalue weighted by Crippen LogP contribution is -2.62. The summed E-state index contributed by atoms with van der Waals surface area (Å²) in [5.74, 6) is 0.179.